The quantitative estimate of drug-likeness (QED) is 0.604. The van der Waals surface area contributed by atoms with Crippen LogP contribution in [-0.4, -0.2) is 13.9 Å². The van der Waals surface area contributed by atoms with Crippen LogP contribution in [0.15, 0.2) is 42.5 Å². The summed E-state index contributed by atoms with van der Waals surface area (Å²) in [7, 11) is 1.55. The highest BCUT2D eigenvalue weighted by Crippen LogP contribution is 2.15. The number of hydrogen-bond donors (Lipinski definition) is 0. The molecule has 0 aromatic heterocycles. The SMILES string of the molecule is COCOc1ccc(/C=C/c2ccc(F)c(F)c2)cc1. The summed E-state index contributed by atoms with van der Waals surface area (Å²) in [5.41, 5.74) is 1.53. The second-order valence-electron chi connectivity index (χ2n) is 4.13. The summed E-state index contributed by atoms with van der Waals surface area (Å²) in [6, 6.07) is 11.1. The van der Waals surface area contributed by atoms with E-state index in [1.807, 2.05) is 30.3 Å². The number of methoxy groups -OCH3 is 1. The minimum absolute atomic E-state index is 0.198. The van der Waals surface area contributed by atoms with Crippen molar-refractivity contribution in [2.45, 2.75) is 0 Å². The third-order valence-corrected chi connectivity index (χ3v) is 2.64. The van der Waals surface area contributed by atoms with Gasteiger partial charge in [0.2, 0.25) is 0 Å². The van der Waals surface area contributed by atoms with Crippen LogP contribution in [0, 0.1) is 11.6 Å². The lowest BCUT2D eigenvalue weighted by Crippen LogP contribution is -1.98. The van der Waals surface area contributed by atoms with Gasteiger partial charge in [0.05, 0.1) is 0 Å². The average molecular weight is 276 g/mol. The highest BCUT2D eigenvalue weighted by Gasteiger charge is 2.00. The summed E-state index contributed by atoms with van der Waals surface area (Å²) in [4.78, 5) is 0. The summed E-state index contributed by atoms with van der Waals surface area (Å²) < 4.78 is 35.9. The van der Waals surface area contributed by atoms with E-state index in [0.29, 0.717) is 11.3 Å². The van der Waals surface area contributed by atoms with Crippen LogP contribution in [0.25, 0.3) is 12.2 Å². The van der Waals surface area contributed by atoms with Crippen molar-refractivity contribution in [2.75, 3.05) is 13.9 Å². The smallest absolute Gasteiger partial charge is 0.188 e. The van der Waals surface area contributed by atoms with Gasteiger partial charge in [0.25, 0.3) is 0 Å². The molecule has 0 bridgehead atoms. The molecule has 0 atom stereocenters. The molecule has 0 fully saturated rings. The third-order valence-electron chi connectivity index (χ3n) is 2.64. The summed E-state index contributed by atoms with van der Waals surface area (Å²) in [6.07, 6.45) is 3.53. The van der Waals surface area contributed by atoms with Crippen molar-refractivity contribution in [3.63, 3.8) is 0 Å². The van der Waals surface area contributed by atoms with E-state index in [4.69, 9.17) is 9.47 Å². The lowest BCUT2D eigenvalue weighted by atomic mass is 10.1. The molecule has 104 valence electrons. The Morgan fingerprint density at radius 1 is 0.900 bits per heavy atom. The van der Waals surface area contributed by atoms with Crippen LogP contribution in [0.1, 0.15) is 11.1 Å². The molecule has 2 nitrogen and oxygen atoms in total. The number of ether oxygens (including phenoxy) is 2. The zero-order valence-electron chi connectivity index (χ0n) is 11.0. The van der Waals surface area contributed by atoms with Crippen LogP contribution in [0.2, 0.25) is 0 Å². The average Bonchev–Trinajstić information content (AvgIpc) is 2.47. The number of hydrogen-bond acceptors (Lipinski definition) is 2. The number of halogens is 2. The molecule has 0 saturated heterocycles. The van der Waals surface area contributed by atoms with Crippen LogP contribution in [-0.2, 0) is 4.74 Å². The van der Waals surface area contributed by atoms with E-state index in [9.17, 15) is 8.78 Å². The monoisotopic (exact) mass is 276 g/mol. The van der Waals surface area contributed by atoms with Gasteiger partial charge in [-0.15, -0.1) is 0 Å². The Balaban J connectivity index is 2.05. The van der Waals surface area contributed by atoms with Gasteiger partial charge < -0.3 is 9.47 Å². The molecular weight excluding hydrogens is 262 g/mol. The number of benzene rings is 2. The highest BCUT2D eigenvalue weighted by atomic mass is 19.2. The van der Waals surface area contributed by atoms with E-state index >= 15 is 0 Å². The van der Waals surface area contributed by atoms with Crippen molar-refractivity contribution >= 4 is 12.2 Å². The molecule has 2 aromatic rings. The first kappa shape index (κ1) is 14.2. The predicted octanol–water partition coefficient (Wildman–Crippen LogP) is 4.12. The second kappa shape index (κ2) is 6.82. The Morgan fingerprint density at radius 3 is 2.20 bits per heavy atom. The van der Waals surface area contributed by atoms with Crippen molar-refractivity contribution in [3.05, 3.63) is 65.2 Å². The van der Waals surface area contributed by atoms with Crippen LogP contribution >= 0.6 is 0 Å². The maximum Gasteiger partial charge on any atom is 0.188 e. The highest BCUT2D eigenvalue weighted by molar-refractivity contribution is 5.69. The number of rotatable bonds is 5. The summed E-state index contributed by atoms with van der Waals surface area (Å²) in [5, 5.41) is 0. The van der Waals surface area contributed by atoms with E-state index < -0.39 is 11.6 Å². The summed E-state index contributed by atoms with van der Waals surface area (Å²) in [5.74, 6) is -0.992. The van der Waals surface area contributed by atoms with Crippen molar-refractivity contribution in [3.8, 4) is 5.75 Å². The van der Waals surface area contributed by atoms with Gasteiger partial charge in [-0.25, -0.2) is 8.78 Å². The van der Waals surface area contributed by atoms with Crippen LogP contribution in [0.5, 0.6) is 5.75 Å². The molecule has 20 heavy (non-hydrogen) atoms. The van der Waals surface area contributed by atoms with E-state index in [0.717, 1.165) is 17.7 Å². The standard InChI is InChI=1S/C16H14F2O2/c1-19-11-20-14-7-4-12(5-8-14)2-3-13-6-9-15(17)16(18)10-13/h2-10H,11H2,1H3/b3-2+. The van der Waals surface area contributed by atoms with Gasteiger partial charge in [0.1, 0.15) is 5.75 Å². The van der Waals surface area contributed by atoms with E-state index in [1.165, 1.54) is 6.07 Å². The molecule has 2 aromatic carbocycles. The summed E-state index contributed by atoms with van der Waals surface area (Å²) >= 11 is 0. The molecule has 0 heterocycles. The van der Waals surface area contributed by atoms with Crippen LogP contribution < -0.4 is 4.74 Å². The molecule has 0 radical (unpaired) electrons. The lowest BCUT2D eigenvalue weighted by molar-refractivity contribution is 0.0511. The molecule has 0 amide bonds. The van der Waals surface area contributed by atoms with E-state index in [-0.39, 0.29) is 6.79 Å². The van der Waals surface area contributed by atoms with Gasteiger partial charge in [-0.05, 0) is 35.4 Å². The van der Waals surface area contributed by atoms with Gasteiger partial charge in [-0.3, -0.25) is 0 Å². The van der Waals surface area contributed by atoms with E-state index in [1.54, 1.807) is 13.2 Å². The molecule has 0 aliphatic rings. The van der Waals surface area contributed by atoms with Gasteiger partial charge in [0, 0.05) is 7.11 Å². The first-order valence-corrected chi connectivity index (χ1v) is 6.04. The minimum Gasteiger partial charge on any atom is -0.468 e. The maximum absolute atomic E-state index is 13.0. The molecule has 2 rings (SSSR count). The molecule has 0 saturated carbocycles. The van der Waals surface area contributed by atoms with Crippen molar-refractivity contribution in [2.24, 2.45) is 0 Å². The fourth-order valence-corrected chi connectivity index (χ4v) is 1.61. The van der Waals surface area contributed by atoms with Crippen molar-refractivity contribution in [1.82, 2.24) is 0 Å². The fraction of sp³-hybridized carbons (Fsp3) is 0.125. The first-order chi connectivity index (χ1) is 9.69. The van der Waals surface area contributed by atoms with E-state index in [2.05, 4.69) is 0 Å². The second-order valence-corrected chi connectivity index (χ2v) is 4.13. The van der Waals surface area contributed by atoms with Gasteiger partial charge in [0.15, 0.2) is 18.4 Å². The Kier molecular flexibility index (Phi) is 4.85. The van der Waals surface area contributed by atoms with Crippen molar-refractivity contribution in [1.29, 1.82) is 0 Å². The Bertz CT molecular complexity index is 592. The third kappa shape index (κ3) is 3.90. The maximum atomic E-state index is 13.0. The Morgan fingerprint density at radius 2 is 1.55 bits per heavy atom. The Hall–Kier alpha value is -2.20. The first-order valence-electron chi connectivity index (χ1n) is 6.04. The van der Waals surface area contributed by atoms with Crippen LogP contribution in [0.3, 0.4) is 0 Å². The van der Waals surface area contributed by atoms with Crippen molar-refractivity contribution < 1.29 is 18.3 Å². The molecular formula is C16H14F2O2. The summed E-state index contributed by atoms with van der Waals surface area (Å²) in [6.45, 7) is 0.198. The normalized spacial score (nSPS) is 10.9. The predicted molar refractivity (Wildman–Crippen MR) is 74.2 cm³/mol. The molecule has 0 aliphatic carbocycles. The molecule has 0 N–H and O–H groups in total. The van der Waals surface area contributed by atoms with Crippen LogP contribution in [0.4, 0.5) is 8.78 Å². The topological polar surface area (TPSA) is 18.5 Å². The lowest BCUT2D eigenvalue weighted by Gasteiger charge is -2.04. The Labute approximate surface area is 116 Å². The van der Waals surface area contributed by atoms with Gasteiger partial charge in [-0.1, -0.05) is 30.4 Å². The van der Waals surface area contributed by atoms with Gasteiger partial charge >= 0.3 is 0 Å². The minimum atomic E-state index is -0.851. The molecule has 0 spiro atoms. The zero-order chi connectivity index (χ0) is 14.4. The molecule has 0 aliphatic heterocycles. The fourth-order valence-electron chi connectivity index (χ4n) is 1.61. The largest absolute Gasteiger partial charge is 0.468 e. The molecule has 4 heteroatoms. The molecule has 0 unspecified atom stereocenters. The van der Waals surface area contributed by atoms with Gasteiger partial charge in [-0.2, -0.15) is 0 Å². The zero-order valence-corrected chi connectivity index (χ0v) is 11.0.